The molecule has 10 heteroatoms. The number of nitrogens with one attached hydrogen (secondary N) is 1. The molecular weight excluding hydrogens is 382 g/mol. The second-order valence-electron chi connectivity index (χ2n) is 7.18. The van der Waals surface area contributed by atoms with E-state index >= 15 is 0 Å². The van der Waals surface area contributed by atoms with Crippen molar-refractivity contribution in [2.75, 3.05) is 70.9 Å². The fourth-order valence-electron chi connectivity index (χ4n) is 3.66. The van der Waals surface area contributed by atoms with Crippen molar-refractivity contribution in [2.45, 2.75) is 4.90 Å². The first kappa shape index (κ1) is 19.3. The third-order valence-electron chi connectivity index (χ3n) is 5.24. The summed E-state index contributed by atoms with van der Waals surface area (Å²) in [5.41, 5.74) is 0.572. The molecule has 2 fully saturated rings. The van der Waals surface area contributed by atoms with E-state index in [0.717, 1.165) is 26.2 Å². The smallest absolute Gasteiger partial charge is 0.286 e. The predicted octanol–water partition coefficient (Wildman–Crippen LogP) is -0.324. The molecule has 0 saturated carbocycles. The van der Waals surface area contributed by atoms with E-state index < -0.39 is 10.0 Å². The number of hydrogen-bond donors (Lipinski definition) is 1. The second kappa shape index (κ2) is 8.16. The van der Waals surface area contributed by atoms with Crippen molar-refractivity contribution in [2.24, 2.45) is 4.40 Å². The molecule has 0 aliphatic carbocycles. The average Bonchev–Trinajstić information content (AvgIpc) is 2.70. The van der Waals surface area contributed by atoms with Gasteiger partial charge in [0.1, 0.15) is 10.7 Å². The molecule has 0 spiro atoms. The molecule has 1 amide bonds. The first-order valence-corrected chi connectivity index (χ1v) is 11.0. The van der Waals surface area contributed by atoms with E-state index in [1.165, 1.54) is 0 Å². The number of piperazine rings is 1. The summed E-state index contributed by atoms with van der Waals surface area (Å²) in [6, 6.07) is 6.80. The number of rotatable bonds is 4. The number of carbonyl (C=O) groups is 1. The summed E-state index contributed by atoms with van der Waals surface area (Å²) in [7, 11) is -3.65. The summed E-state index contributed by atoms with van der Waals surface area (Å²) in [5, 5.41) is 3.13. The predicted molar refractivity (Wildman–Crippen MR) is 105 cm³/mol. The third kappa shape index (κ3) is 4.35. The van der Waals surface area contributed by atoms with Crippen LogP contribution in [0.2, 0.25) is 0 Å². The summed E-state index contributed by atoms with van der Waals surface area (Å²) in [6.07, 6.45) is 0. The number of fused-ring (bicyclic) bond motifs is 1. The maximum Gasteiger partial charge on any atom is 0.286 e. The van der Waals surface area contributed by atoms with Crippen molar-refractivity contribution < 1.29 is 17.9 Å². The minimum atomic E-state index is -3.65. The van der Waals surface area contributed by atoms with Gasteiger partial charge in [-0.3, -0.25) is 14.6 Å². The van der Waals surface area contributed by atoms with Crippen LogP contribution in [0.1, 0.15) is 0 Å². The number of morpholine rings is 1. The Bertz CT molecular complexity index is 858. The lowest BCUT2D eigenvalue weighted by atomic mass is 10.2. The number of anilines is 1. The average molecular weight is 407 g/mol. The molecule has 1 aromatic rings. The molecule has 0 atom stereocenters. The highest BCUT2D eigenvalue weighted by Gasteiger charge is 2.27. The van der Waals surface area contributed by atoms with Gasteiger partial charge in [-0.25, -0.2) is 0 Å². The standard InChI is InChI=1S/C18H25N5O4S/c24-18(23-9-11-27-12-10-23)14-22-7-5-21(6-8-22)13-17-19-15-3-1-2-4-16(15)28(25,26)20-17/h1-4H,5-14H2,(H,19,20). The van der Waals surface area contributed by atoms with Gasteiger partial charge in [0.05, 0.1) is 32.0 Å². The Kier molecular flexibility index (Phi) is 5.63. The van der Waals surface area contributed by atoms with E-state index in [1.807, 2.05) is 4.90 Å². The number of carbonyl (C=O) groups excluding carboxylic acids is 1. The van der Waals surface area contributed by atoms with Gasteiger partial charge in [-0.15, -0.1) is 4.40 Å². The van der Waals surface area contributed by atoms with Gasteiger partial charge in [-0.05, 0) is 12.1 Å². The van der Waals surface area contributed by atoms with Crippen LogP contribution in [0.4, 0.5) is 5.69 Å². The van der Waals surface area contributed by atoms with Crippen LogP contribution >= 0.6 is 0 Å². The molecule has 0 aromatic heterocycles. The van der Waals surface area contributed by atoms with Crippen LogP contribution in [0.5, 0.6) is 0 Å². The zero-order valence-electron chi connectivity index (χ0n) is 15.7. The van der Waals surface area contributed by atoms with Gasteiger partial charge < -0.3 is 15.0 Å². The van der Waals surface area contributed by atoms with Crippen LogP contribution in [0.25, 0.3) is 0 Å². The van der Waals surface area contributed by atoms with E-state index in [1.54, 1.807) is 24.3 Å². The molecule has 1 N–H and O–H groups in total. The Morgan fingerprint density at radius 1 is 1.04 bits per heavy atom. The van der Waals surface area contributed by atoms with E-state index in [4.69, 9.17) is 4.74 Å². The van der Waals surface area contributed by atoms with Crippen LogP contribution in [0.3, 0.4) is 0 Å². The largest absolute Gasteiger partial charge is 0.378 e. The molecule has 152 valence electrons. The number of hydrogen-bond acceptors (Lipinski definition) is 7. The minimum absolute atomic E-state index is 0.151. The zero-order valence-corrected chi connectivity index (χ0v) is 16.5. The number of amidine groups is 1. The Morgan fingerprint density at radius 2 is 1.71 bits per heavy atom. The van der Waals surface area contributed by atoms with Crippen molar-refractivity contribution in [1.82, 2.24) is 14.7 Å². The van der Waals surface area contributed by atoms with Crippen molar-refractivity contribution in [3.8, 4) is 0 Å². The highest BCUT2D eigenvalue weighted by atomic mass is 32.2. The molecule has 1 aromatic carbocycles. The summed E-state index contributed by atoms with van der Waals surface area (Å²) in [4.78, 5) is 18.8. The lowest BCUT2D eigenvalue weighted by Gasteiger charge is -2.36. The lowest BCUT2D eigenvalue weighted by molar-refractivity contribution is -0.136. The second-order valence-corrected chi connectivity index (χ2v) is 8.75. The monoisotopic (exact) mass is 407 g/mol. The van der Waals surface area contributed by atoms with Crippen LogP contribution < -0.4 is 5.32 Å². The number of sulfonamides is 1. The molecule has 0 bridgehead atoms. The molecular formula is C18H25N5O4S. The number of amides is 1. The maximum atomic E-state index is 12.4. The third-order valence-corrected chi connectivity index (χ3v) is 6.61. The van der Waals surface area contributed by atoms with Crippen molar-refractivity contribution in [3.63, 3.8) is 0 Å². The van der Waals surface area contributed by atoms with Gasteiger partial charge >= 0.3 is 0 Å². The van der Waals surface area contributed by atoms with Gasteiger partial charge in [0.15, 0.2) is 0 Å². The molecule has 3 heterocycles. The van der Waals surface area contributed by atoms with E-state index in [-0.39, 0.29) is 10.8 Å². The van der Waals surface area contributed by atoms with Crippen LogP contribution in [-0.4, -0.2) is 100 Å². The topological polar surface area (TPSA) is 94.6 Å². The molecule has 28 heavy (non-hydrogen) atoms. The first-order valence-electron chi connectivity index (χ1n) is 9.51. The summed E-state index contributed by atoms with van der Waals surface area (Å²) >= 11 is 0. The summed E-state index contributed by atoms with van der Waals surface area (Å²) < 4.78 is 33.9. The zero-order chi connectivity index (χ0) is 19.6. The highest BCUT2D eigenvalue weighted by Crippen LogP contribution is 2.26. The Labute approximate surface area is 165 Å². The summed E-state index contributed by atoms with van der Waals surface area (Å²) in [5.74, 6) is 0.592. The molecule has 9 nitrogen and oxygen atoms in total. The van der Waals surface area contributed by atoms with Crippen LogP contribution in [-0.2, 0) is 19.6 Å². The normalized spacial score (nSPS) is 22.9. The van der Waals surface area contributed by atoms with E-state index in [9.17, 15) is 13.2 Å². The number of benzene rings is 1. The van der Waals surface area contributed by atoms with Gasteiger partial charge in [-0.2, -0.15) is 8.42 Å². The number of para-hydroxylation sites is 1. The Balaban J connectivity index is 1.29. The SMILES string of the molecule is O=C(CN1CCN(CC2=NS(=O)(=O)c3ccccc3N2)CC1)N1CCOCC1. The lowest BCUT2D eigenvalue weighted by Crippen LogP contribution is -2.52. The molecule has 2 saturated heterocycles. The van der Waals surface area contributed by atoms with Crippen molar-refractivity contribution >= 4 is 27.5 Å². The fourth-order valence-corrected chi connectivity index (χ4v) is 4.80. The van der Waals surface area contributed by atoms with Crippen LogP contribution in [0, 0.1) is 0 Å². The minimum Gasteiger partial charge on any atom is -0.378 e. The van der Waals surface area contributed by atoms with Gasteiger partial charge in [0.2, 0.25) is 5.91 Å². The molecule has 3 aliphatic heterocycles. The molecule has 3 aliphatic rings. The highest BCUT2D eigenvalue weighted by molar-refractivity contribution is 7.90. The Hall–Kier alpha value is -2.01. The van der Waals surface area contributed by atoms with E-state index in [2.05, 4.69) is 19.5 Å². The van der Waals surface area contributed by atoms with Gasteiger partial charge in [0.25, 0.3) is 10.0 Å². The fraction of sp³-hybridized carbons (Fsp3) is 0.556. The molecule has 4 rings (SSSR count). The number of nitrogens with zero attached hydrogens (tertiary/aromatic N) is 4. The molecule has 0 unspecified atom stereocenters. The molecule has 0 radical (unpaired) electrons. The number of ether oxygens (including phenoxy) is 1. The quantitative estimate of drug-likeness (QED) is 0.731. The van der Waals surface area contributed by atoms with Crippen molar-refractivity contribution in [3.05, 3.63) is 24.3 Å². The van der Waals surface area contributed by atoms with Gasteiger partial charge in [-0.1, -0.05) is 12.1 Å². The van der Waals surface area contributed by atoms with Gasteiger partial charge in [0, 0.05) is 39.3 Å². The first-order chi connectivity index (χ1) is 13.5. The van der Waals surface area contributed by atoms with Crippen LogP contribution in [0.15, 0.2) is 33.6 Å². The van der Waals surface area contributed by atoms with E-state index in [0.29, 0.717) is 50.9 Å². The maximum absolute atomic E-state index is 12.4. The van der Waals surface area contributed by atoms with Crippen molar-refractivity contribution in [1.29, 1.82) is 0 Å². The Morgan fingerprint density at radius 3 is 2.46 bits per heavy atom. The summed E-state index contributed by atoms with van der Waals surface area (Å²) in [6.45, 7) is 6.49.